The summed E-state index contributed by atoms with van der Waals surface area (Å²) >= 11 is 3.57. The van der Waals surface area contributed by atoms with Gasteiger partial charge in [-0.15, -0.1) is 0 Å². The fourth-order valence-corrected chi connectivity index (χ4v) is 3.81. The molecule has 1 aromatic heterocycles. The Morgan fingerprint density at radius 2 is 2.19 bits per heavy atom. The number of carboxylic acid groups (broad SMARTS) is 1. The molecule has 1 atom stereocenters. The first-order valence-corrected chi connectivity index (χ1v) is 9.02. The highest BCUT2D eigenvalue weighted by molar-refractivity contribution is 14.1. The Kier molecular flexibility index (Phi) is 5.54. The maximum absolute atomic E-state index is 10.9. The smallest absolute Gasteiger partial charge is 0.313 e. The first-order chi connectivity index (χ1) is 9.93. The van der Waals surface area contributed by atoms with Gasteiger partial charge in [-0.25, -0.2) is 4.98 Å². The Bertz CT molecular complexity index is 654. The number of aromatic nitrogens is 2. The largest absolute Gasteiger partial charge is 0.481 e. The summed E-state index contributed by atoms with van der Waals surface area (Å²) in [6.07, 6.45) is 0.996. The molecule has 0 amide bonds. The molecule has 1 heterocycles. The minimum absolute atomic E-state index is 0.0367. The molecule has 0 aliphatic carbocycles. The normalized spacial score (nSPS) is 13.0. The number of imidazole rings is 1. The molecule has 1 unspecified atom stereocenters. The van der Waals surface area contributed by atoms with Crippen molar-refractivity contribution in [2.75, 3.05) is 5.75 Å². The van der Waals surface area contributed by atoms with E-state index in [4.69, 9.17) is 5.11 Å². The van der Waals surface area contributed by atoms with Crippen LogP contribution < -0.4 is 0 Å². The fourth-order valence-electron chi connectivity index (χ4n) is 2.55. The topological polar surface area (TPSA) is 55.1 Å². The molecule has 1 aromatic carbocycles. The van der Waals surface area contributed by atoms with E-state index >= 15 is 0 Å². The maximum atomic E-state index is 10.9. The molecule has 0 aliphatic heterocycles. The van der Waals surface area contributed by atoms with Crippen molar-refractivity contribution < 1.29 is 9.90 Å². The van der Waals surface area contributed by atoms with E-state index in [1.165, 1.54) is 11.8 Å². The second-order valence-electron chi connectivity index (χ2n) is 5.30. The van der Waals surface area contributed by atoms with E-state index in [-0.39, 0.29) is 5.75 Å². The van der Waals surface area contributed by atoms with Gasteiger partial charge < -0.3 is 9.67 Å². The summed E-state index contributed by atoms with van der Waals surface area (Å²) in [4.78, 5) is 15.5. The third kappa shape index (κ3) is 3.71. The van der Waals surface area contributed by atoms with Crippen LogP contribution in [0.25, 0.3) is 11.0 Å². The number of rotatable bonds is 6. The summed E-state index contributed by atoms with van der Waals surface area (Å²) in [5.41, 5.74) is 2.03. The number of hydrogen-bond acceptors (Lipinski definition) is 3. The van der Waals surface area contributed by atoms with Crippen molar-refractivity contribution in [1.82, 2.24) is 9.55 Å². The first kappa shape index (κ1) is 16.6. The van der Waals surface area contributed by atoms with E-state index in [0.29, 0.717) is 12.0 Å². The molecule has 6 heteroatoms. The lowest BCUT2D eigenvalue weighted by Gasteiger charge is -2.23. The van der Waals surface area contributed by atoms with Crippen LogP contribution in [-0.4, -0.2) is 26.4 Å². The molecule has 0 radical (unpaired) electrons. The Balaban J connectivity index is 2.56. The van der Waals surface area contributed by atoms with E-state index in [0.717, 1.165) is 26.2 Å². The Morgan fingerprint density at radius 3 is 2.76 bits per heavy atom. The van der Waals surface area contributed by atoms with Crippen LogP contribution in [0.2, 0.25) is 0 Å². The molecule has 114 valence electrons. The number of benzene rings is 1. The molecule has 2 rings (SSSR count). The second-order valence-corrected chi connectivity index (χ2v) is 7.49. The summed E-state index contributed by atoms with van der Waals surface area (Å²) in [5.74, 6) is -0.309. The summed E-state index contributed by atoms with van der Waals surface area (Å²) < 4.78 is 3.35. The standard InChI is InChI=1S/C15H19IN2O2S/c1-4-12(9(2)3)18-13-6-5-10(16)7-11(13)17-15(18)21-8-14(19)20/h5-7,9,12H,4,8H2,1-3H3,(H,19,20). The van der Waals surface area contributed by atoms with Gasteiger partial charge in [-0.1, -0.05) is 32.5 Å². The summed E-state index contributed by atoms with van der Waals surface area (Å²) in [5, 5.41) is 9.73. The van der Waals surface area contributed by atoms with E-state index in [1.807, 2.05) is 6.07 Å². The molecule has 2 aromatic rings. The molecular formula is C15H19IN2O2S. The van der Waals surface area contributed by atoms with Crippen LogP contribution in [0.1, 0.15) is 33.2 Å². The quantitative estimate of drug-likeness (QED) is 0.557. The summed E-state index contributed by atoms with van der Waals surface area (Å²) in [6.45, 7) is 6.55. The van der Waals surface area contributed by atoms with Crippen LogP contribution in [0.5, 0.6) is 0 Å². The number of hydrogen-bond donors (Lipinski definition) is 1. The monoisotopic (exact) mass is 418 g/mol. The van der Waals surface area contributed by atoms with Gasteiger partial charge in [-0.05, 0) is 53.1 Å². The van der Waals surface area contributed by atoms with Gasteiger partial charge in [0.1, 0.15) is 0 Å². The summed E-state index contributed by atoms with van der Waals surface area (Å²) in [6, 6.07) is 6.52. The Labute approximate surface area is 142 Å². The average molecular weight is 418 g/mol. The molecule has 0 fully saturated rings. The van der Waals surface area contributed by atoms with Crippen LogP contribution in [-0.2, 0) is 4.79 Å². The van der Waals surface area contributed by atoms with E-state index < -0.39 is 5.97 Å². The maximum Gasteiger partial charge on any atom is 0.313 e. The molecular weight excluding hydrogens is 399 g/mol. The van der Waals surface area contributed by atoms with E-state index in [2.05, 4.69) is 65.0 Å². The molecule has 4 nitrogen and oxygen atoms in total. The zero-order chi connectivity index (χ0) is 15.6. The lowest BCUT2D eigenvalue weighted by Crippen LogP contribution is -2.15. The fraction of sp³-hybridized carbons (Fsp3) is 0.467. The minimum Gasteiger partial charge on any atom is -0.481 e. The van der Waals surface area contributed by atoms with Crippen molar-refractivity contribution in [3.63, 3.8) is 0 Å². The van der Waals surface area contributed by atoms with Gasteiger partial charge in [0.25, 0.3) is 0 Å². The van der Waals surface area contributed by atoms with Crippen LogP contribution in [0, 0.1) is 9.49 Å². The van der Waals surface area contributed by atoms with Gasteiger partial charge in [0.2, 0.25) is 0 Å². The van der Waals surface area contributed by atoms with Crippen molar-refractivity contribution >= 4 is 51.4 Å². The van der Waals surface area contributed by atoms with Gasteiger partial charge in [0, 0.05) is 9.61 Å². The first-order valence-electron chi connectivity index (χ1n) is 6.96. The highest BCUT2D eigenvalue weighted by Crippen LogP contribution is 2.33. The molecule has 0 bridgehead atoms. The summed E-state index contributed by atoms with van der Waals surface area (Å²) in [7, 11) is 0. The van der Waals surface area contributed by atoms with Crippen molar-refractivity contribution in [3.05, 3.63) is 21.8 Å². The molecule has 0 spiro atoms. The number of fused-ring (bicyclic) bond motifs is 1. The number of nitrogens with zero attached hydrogens (tertiary/aromatic N) is 2. The Morgan fingerprint density at radius 1 is 1.48 bits per heavy atom. The zero-order valence-electron chi connectivity index (χ0n) is 12.3. The third-order valence-corrected chi connectivity index (χ3v) is 5.07. The average Bonchev–Trinajstić information content (AvgIpc) is 2.74. The lowest BCUT2D eigenvalue weighted by molar-refractivity contribution is -0.133. The molecule has 0 saturated carbocycles. The highest BCUT2D eigenvalue weighted by Gasteiger charge is 2.21. The van der Waals surface area contributed by atoms with Crippen molar-refractivity contribution in [1.29, 1.82) is 0 Å². The predicted octanol–water partition coefficient (Wildman–Crippen LogP) is 4.42. The predicted molar refractivity (Wildman–Crippen MR) is 95.0 cm³/mol. The number of halogens is 1. The van der Waals surface area contributed by atoms with Crippen LogP contribution in [0.15, 0.2) is 23.4 Å². The minimum atomic E-state index is -0.814. The molecule has 0 saturated heterocycles. The van der Waals surface area contributed by atoms with Crippen molar-refractivity contribution in [3.8, 4) is 0 Å². The van der Waals surface area contributed by atoms with Crippen LogP contribution in [0.4, 0.5) is 0 Å². The van der Waals surface area contributed by atoms with Gasteiger partial charge in [0.15, 0.2) is 5.16 Å². The van der Waals surface area contributed by atoms with Gasteiger partial charge in [0.05, 0.1) is 16.8 Å². The van der Waals surface area contributed by atoms with Gasteiger partial charge >= 0.3 is 5.97 Å². The SMILES string of the molecule is CCC(C(C)C)n1c(SCC(=O)O)nc2cc(I)ccc21. The second kappa shape index (κ2) is 7.00. The van der Waals surface area contributed by atoms with Crippen molar-refractivity contribution in [2.24, 2.45) is 5.92 Å². The number of aliphatic carboxylic acids is 1. The third-order valence-electron chi connectivity index (χ3n) is 3.46. The number of thioether (sulfide) groups is 1. The molecule has 0 aliphatic rings. The van der Waals surface area contributed by atoms with Gasteiger partial charge in [-0.2, -0.15) is 0 Å². The molecule has 21 heavy (non-hydrogen) atoms. The van der Waals surface area contributed by atoms with E-state index in [9.17, 15) is 4.79 Å². The number of carbonyl (C=O) groups is 1. The van der Waals surface area contributed by atoms with Crippen LogP contribution in [0.3, 0.4) is 0 Å². The van der Waals surface area contributed by atoms with Crippen molar-refractivity contribution in [2.45, 2.75) is 38.4 Å². The van der Waals surface area contributed by atoms with Crippen LogP contribution >= 0.6 is 34.4 Å². The zero-order valence-corrected chi connectivity index (χ0v) is 15.3. The van der Waals surface area contributed by atoms with Gasteiger partial charge in [-0.3, -0.25) is 4.79 Å². The lowest BCUT2D eigenvalue weighted by atomic mass is 10.0. The van der Waals surface area contributed by atoms with E-state index in [1.54, 1.807) is 0 Å². The molecule has 1 N–H and O–H groups in total. The highest BCUT2D eigenvalue weighted by atomic mass is 127. The Hall–Kier alpha value is -0.760. The number of carboxylic acids is 1.